The summed E-state index contributed by atoms with van der Waals surface area (Å²) in [7, 11) is 3.68. The molecule has 0 spiro atoms. The topological polar surface area (TPSA) is 34.4 Å². The van der Waals surface area contributed by atoms with Crippen molar-refractivity contribution >= 4 is 22.3 Å². The van der Waals surface area contributed by atoms with Gasteiger partial charge in [-0.25, -0.2) is 0 Å². The Balaban J connectivity index is 2.15. The van der Waals surface area contributed by atoms with Gasteiger partial charge in [-0.2, -0.15) is 0 Å². The zero-order valence-electron chi connectivity index (χ0n) is 12.5. The van der Waals surface area contributed by atoms with Crippen LogP contribution in [0, 0.1) is 0 Å². The highest BCUT2D eigenvalue weighted by Crippen LogP contribution is 2.37. The van der Waals surface area contributed by atoms with E-state index in [0.29, 0.717) is 0 Å². The Bertz CT molecular complexity index is 744. The van der Waals surface area contributed by atoms with Crippen molar-refractivity contribution in [1.29, 1.82) is 0 Å². The van der Waals surface area contributed by atoms with E-state index in [9.17, 15) is 0 Å². The van der Waals surface area contributed by atoms with Crippen LogP contribution in [0.5, 0.6) is 5.75 Å². The Labute approximate surface area is 128 Å². The summed E-state index contributed by atoms with van der Waals surface area (Å²) in [6.45, 7) is 2.13. The lowest BCUT2D eigenvalue weighted by Crippen LogP contribution is -2.17. The van der Waals surface area contributed by atoms with E-state index in [2.05, 4.69) is 30.4 Å². The smallest absolute Gasteiger partial charge is 0.134 e. The first-order valence-electron chi connectivity index (χ1n) is 7.08. The molecule has 0 aliphatic heterocycles. The lowest BCUT2D eigenvalue weighted by molar-refractivity contribution is 0.416. The molecule has 0 radical (unpaired) electrons. The van der Waals surface area contributed by atoms with Crippen molar-refractivity contribution in [2.45, 2.75) is 19.4 Å². The zero-order valence-corrected chi connectivity index (χ0v) is 13.3. The molecule has 21 heavy (non-hydrogen) atoms. The summed E-state index contributed by atoms with van der Waals surface area (Å²) in [6.07, 6.45) is 0.880. The number of aryl methyl sites for hydroxylation is 1. The van der Waals surface area contributed by atoms with Gasteiger partial charge in [-0.05, 0) is 19.2 Å². The molecule has 2 aromatic heterocycles. The largest absolute Gasteiger partial charge is 0.496 e. The molecular weight excluding hydrogens is 282 g/mol. The molecule has 1 unspecified atom stereocenters. The molecule has 3 aromatic rings. The number of nitrogens with one attached hydrogen (secondary N) is 1. The molecule has 0 saturated carbocycles. The molecule has 3 nitrogen and oxygen atoms in total. The summed E-state index contributed by atoms with van der Waals surface area (Å²) >= 11 is 1.70. The van der Waals surface area contributed by atoms with Gasteiger partial charge in [0.15, 0.2) is 0 Å². The van der Waals surface area contributed by atoms with Gasteiger partial charge in [-0.1, -0.05) is 25.1 Å². The van der Waals surface area contributed by atoms with Gasteiger partial charge >= 0.3 is 0 Å². The van der Waals surface area contributed by atoms with E-state index < -0.39 is 0 Å². The van der Waals surface area contributed by atoms with Crippen molar-refractivity contribution in [1.82, 2.24) is 5.32 Å². The predicted octanol–water partition coefficient (Wildman–Crippen LogP) is 4.37. The molecule has 110 valence electrons. The first kappa shape index (κ1) is 14.2. The summed E-state index contributed by atoms with van der Waals surface area (Å²) in [4.78, 5) is 1.23. The lowest BCUT2D eigenvalue weighted by atomic mass is 10.0. The predicted molar refractivity (Wildman–Crippen MR) is 87.4 cm³/mol. The SMILES string of the molecule is CCc1oc2ccccc2c1C(NC)c1cc(OC)cs1. The highest BCUT2D eigenvalue weighted by Gasteiger charge is 2.23. The molecule has 0 saturated heterocycles. The number of fused-ring (bicyclic) bond motifs is 1. The molecule has 4 heteroatoms. The molecule has 1 atom stereocenters. The second-order valence-corrected chi connectivity index (χ2v) is 5.84. The van der Waals surface area contributed by atoms with Crippen LogP contribution in [0.15, 0.2) is 40.1 Å². The van der Waals surface area contributed by atoms with Crippen molar-refractivity contribution in [3.05, 3.63) is 51.9 Å². The van der Waals surface area contributed by atoms with E-state index in [0.717, 1.165) is 23.5 Å². The van der Waals surface area contributed by atoms with Crippen molar-refractivity contribution in [3.63, 3.8) is 0 Å². The Kier molecular flexibility index (Phi) is 3.99. The standard InChI is InChI=1S/C17H19NO2S/c1-4-13-16(12-7-5-6-8-14(12)20-13)17(18-2)15-9-11(19-3)10-21-15/h5-10,17-18H,4H2,1-3H3. The van der Waals surface area contributed by atoms with E-state index in [1.165, 1.54) is 15.8 Å². The van der Waals surface area contributed by atoms with Gasteiger partial charge in [0.1, 0.15) is 17.1 Å². The number of thiophene rings is 1. The van der Waals surface area contributed by atoms with Crippen LogP contribution in [0.2, 0.25) is 0 Å². The van der Waals surface area contributed by atoms with E-state index in [1.54, 1.807) is 18.4 Å². The summed E-state index contributed by atoms with van der Waals surface area (Å²) in [5.41, 5.74) is 2.19. The first-order chi connectivity index (χ1) is 10.3. The Morgan fingerprint density at radius 3 is 2.81 bits per heavy atom. The summed E-state index contributed by atoms with van der Waals surface area (Å²) in [5.74, 6) is 1.95. The van der Waals surface area contributed by atoms with Crippen molar-refractivity contribution in [2.24, 2.45) is 0 Å². The lowest BCUT2D eigenvalue weighted by Gasteiger charge is -2.15. The van der Waals surface area contributed by atoms with Crippen molar-refractivity contribution < 1.29 is 9.15 Å². The fourth-order valence-corrected chi connectivity index (χ4v) is 3.69. The van der Waals surface area contributed by atoms with Crippen LogP contribution in [0.4, 0.5) is 0 Å². The van der Waals surface area contributed by atoms with Crippen LogP contribution in [0.3, 0.4) is 0 Å². The van der Waals surface area contributed by atoms with Gasteiger partial charge in [-0.15, -0.1) is 11.3 Å². The van der Waals surface area contributed by atoms with Crippen molar-refractivity contribution in [2.75, 3.05) is 14.2 Å². The maximum absolute atomic E-state index is 6.02. The number of rotatable bonds is 5. The number of benzene rings is 1. The van der Waals surface area contributed by atoms with Gasteiger partial charge in [-0.3, -0.25) is 0 Å². The number of hydrogen-bond donors (Lipinski definition) is 1. The molecule has 0 aliphatic rings. The number of furan rings is 1. The third kappa shape index (κ3) is 2.45. The Morgan fingerprint density at radius 2 is 2.14 bits per heavy atom. The quantitative estimate of drug-likeness (QED) is 0.759. The molecule has 2 heterocycles. The maximum atomic E-state index is 6.02. The minimum absolute atomic E-state index is 0.123. The molecule has 0 aliphatic carbocycles. The van der Waals surface area contributed by atoms with E-state index >= 15 is 0 Å². The molecule has 1 N–H and O–H groups in total. The van der Waals surface area contributed by atoms with E-state index in [-0.39, 0.29) is 6.04 Å². The molecule has 0 bridgehead atoms. The van der Waals surface area contributed by atoms with Gasteiger partial charge in [0.2, 0.25) is 0 Å². The van der Waals surface area contributed by atoms with Crippen LogP contribution in [0.25, 0.3) is 11.0 Å². The number of para-hydroxylation sites is 1. The monoisotopic (exact) mass is 301 g/mol. The fraction of sp³-hybridized carbons (Fsp3) is 0.294. The zero-order chi connectivity index (χ0) is 14.8. The van der Waals surface area contributed by atoms with E-state index in [1.807, 2.05) is 24.6 Å². The summed E-state index contributed by atoms with van der Waals surface area (Å²) in [5, 5.41) is 6.64. The highest BCUT2D eigenvalue weighted by atomic mass is 32.1. The van der Waals surface area contributed by atoms with Gasteiger partial charge < -0.3 is 14.5 Å². The van der Waals surface area contributed by atoms with Gasteiger partial charge in [0, 0.05) is 27.6 Å². The minimum Gasteiger partial charge on any atom is -0.496 e. The second kappa shape index (κ2) is 5.92. The van der Waals surface area contributed by atoms with Crippen molar-refractivity contribution in [3.8, 4) is 5.75 Å². The second-order valence-electron chi connectivity index (χ2n) is 4.90. The Hall–Kier alpha value is -1.78. The number of methoxy groups -OCH3 is 1. The average Bonchev–Trinajstić information content (AvgIpc) is 3.13. The third-order valence-corrected chi connectivity index (χ3v) is 4.70. The average molecular weight is 301 g/mol. The van der Waals surface area contributed by atoms with Crippen LogP contribution in [-0.4, -0.2) is 14.2 Å². The molecule has 3 rings (SSSR count). The third-order valence-electron chi connectivity index (χ3n) is 3.73. The molecule has 0 fully saturated rings. The van der Waals surface area contributed by atoms with Crippen LogP contribution in [0.1, 0.15) is 29.2 Å². The highest BCUT2D eigenvalue weighted by molar-refractivity contribution is 7.10. The minimum atomic E-state index is 0.123. The van der Waals surface area contributed by atoms with Gasteiger partial charge in [0.25, 0.3) is 0 Å². The maximum Gasteiger partial charge on any atom is 0.134 e. The fourth-order valence-electron chi connectivity index (χ4n) is 2.72. The number of ether oxygens (including phenoxy) is 1. The summed E-state index contributed by atoms with van der Waals surface area (Å²) in [6, 6.07) is 10.4. The molecule has 1 aromatic carbocycles. The Morgan fingerprint density at radius 1 is 1.33 bits per heavy atom. The van der Waals surface area contributed by atoms with Crippen LogP contribution in [-0.2, 0) is 6.42 Å². The van der Waals surface area contributed by atoms with Crippen LogP contribution < -0.4 is 10.1 Å². The summed E-state index contributed by atoms with van der Waals surface area (Å²) < 4.78 is 11.3. The molecular formula is C17H19NO2S. The first-order valence-corrected chi connectivity index (χ1v) is 7.96. The van der Waals surface area contributed by atoms with E-state index in [4.69, 9.17) is 9.15 Å². The number of hydrogen-bond acceptors (Lipinski definition) is 4. The molecule has 0 amide bonds. The normalized spacial score (nSPS) is 12.7. The van der Waals surface area contributed by atoms with Gasteiger partial charge in [0.05, 0.1) is 13.2 Å². The van der Waals surface area contributed by atoms with Crippen LogP contribution >= 0.6 is 11.3 Å².